The number of rotatable bonds is 6. The zero-order valence-corrected chi connectivity index (χ0v) is 15.4. The number of aromatic amines is 1. The minimum absolute atomic E-state index is 0.227. The van der Waals surface area contributed by atoms with Gasteiger partial charge in [-0.1, -0.05) is 37.6 Å². The molecule has 0 amide bonds. The van der Waals surface area contributed by atoms with Gasteiger partial charge in [0.15, 0.2) is 0 Å². The molecular weight excluding hydrogens is 345 g/mol. The summed E-state index contributed by atoms with van der Waals surface area (Å²) in [4.78, 5) is 22.9. The molecule has 0 bridgehead atoms. The number of nitrogens with zero attached hydrogens (tertiary/aromatic N) is 2. The first-order valence-electron chi connectivity index (χ1n) is 9.01. The average Bonchev–Trinajstić information content (AvgIpc) is 2.65. The third kappa shape index (κ3) is 4.22. The summed E-state index contributed by atoms with van der Waals surface area (Å²) in [6.07, 6.45) is 4.17. The lowest BCUT2D eigenvalue weighted by Crippen LogP contribution is -2.17. The van der Waals surface area contributed by atoms with E-state index in [4.69, 9.17) is 0 Å². The lowest BCUT2D eigenvalue weighted by molar-refractivity contribution is 0.440. The highest BCUT2D eigenvalue weighted by atomic mass is 19.1. The molecule has 0 spiro atoms. The number of aryl methyl sites for hydroxylation is 1. The van der Waals surface area contributed by atoms with Gasteiger partial charge in [-0.2, -0.15) is 4.39 Å². The highest BCUT2D eigenvalue weighted by Crippen LogP contribution is 2.26. The van der Waals surface area contributed by atoms with Crippen LogP contribution in [-0.2, 0) is 12.8 Å². The molecule has 0 fully saturated rings. The summed E-state index contributed by atoms with van der Waals surface area (Å²) >= 11 is 0. The molecule has 3 rings (SSSR count). The topological polar surface area (TPSA) is 78.9 Å². The first kappa shape index (κ1) is 18.8. The molecular formula is C21H22FN3O2. The summed E-state index contributed by atoms with van der Waals surface area (Å²) < 4.78 is 13.7. The van der Waals surface area contributed by atoms with Crippen LogP contribution in [0.15, 0.2) is 41.3 Å². The first-order chi connectivity index (χ1) is 13.0. The van der Waals surface area contributed by atoms with Crippen LogP contribution in [0.2, 0.25) is 0 Å². The summed E-state index contributed by atoms with van der Waals surface area (Å²) in [5.41, 5.74) is 2.77. The molecule has 0 atom stereocenters. The minimum atomic E-state index is -0.501. The fourth-order valence-electron chi connectivity index (χ4n) is 3.03. The van der Waals surface area contributed by atoms with Crippen molar-refractivity contribution in [2.45, 2.75) is 39.5 Å². The molecule has 5 nitrogen and oxygen atoms in total. The van der Waals surface area contributed by atoms with Crippen LogP contribution in [0.25, 0.3) is 11.1 Å². The van der Waals surface area contributed by atoms with Crippen LogP contribution in [0.4, 0.5) is 4.39 Å². The third-order valence-electron chi connectivity index (χ3n) is 4.57. The fraction of sp³-hybridized carbons (Fsp3) is 0.286. The molecule has 2 heterocycles. The van der Waals surface area contributed by atoms with E-state index in [0.29, 0.717) is 17.8 Å². The molecule has 1 aromatic carbocycles. The van der Waals surface area contributed by atoms with E-state index in [2.05, 4.69) is 21.9 Å². The van der Waals surface area contributed by atoms with Crippen LogP contribution < -0.4 is 5.56 Å². The van der Waals surface area contributed by atoms with Crippen molar-refractivity contribution in [3.63, 3.8) is 0 Å². The maximum absolute atomic E-state index is 13.7. The summed E-state index contributed by atoms with van der Waals surface area (Å²) in [5.74, 6) is -0.236. The molecule has 140 valence electrons. The maximum atomic E-state index is 13.7. The number of hydrogen-bond acceptors (Lipinski definition) is 4. The molecule has 0 radical (unpaired) electrons. The second kappa shape index (κ2) is 8.12. The Morgan fingerprint density at radius 3 is 2.81 bits per heavy atom. The number of unbranched alkanes of at least 4 members (excludes halogenated alkanes) is 1. The summed E-state index contributed by atoms with van der Waals surface area (Å²) in [5, 5.41) is 10.2. The van der Waals surface area contributed by atoms with E-state index in [0.717, 1.165) is 29.5 Å². The van der Waals surface area contributed by atoms with Crippen molar-refractivity contribution in [2.75, 3.05) is 0 Å². The van der Waals surface area contributed by atoms with Gasteiger partial charge in [-0.05, 0) is 36.1 Å². The molecule has 6 heteroatoms. The molecule has 2 aromatic heterocycles. The Hall–Kier alpha value is -3.02. The second-order valence-electron chi connectivity index (χ2n) is 6.57. The second-order valence-corrected chi connectivity index (χ2v) is 6.57. The largest absolute Gasteiger partial charge is 0.493 e. The van der Waals surface area contributed by atoms with Crippen LogP contribution in [0.5, 0.6) is 5.88 Å². The van der Waals surface area contributed by atoms with E-state index >= 15 is 0 Å². The van der Waals surface area contributed by atoms with Crippen molar-refractivity contribution >= 4 is 0 Å². The molecule has 0 saturated carbocycles. The Balaban J connectivity index is 1.91. The smallest absolute Gasteiger partial charge is 0.258 e. The Kier molecular flexibility index (Phi) is 5.64. The van der Waals surface area contributed by atoms with E-state index in [1.54, 1.807) is 13.0 Å². The number of benzene rings is 1. The van der Waals surface area contributed by atoms with Crippen molar-refractivity contribution in [1.82, 2.24) is 15.0 Å². The van der Waals surface area contributed by atoms with Crippen LogP contribution in [0.3, 0.4) is 0 Å². The summed E-state index contributed by atoms with van der Waals surface area (Å²) in [6.45, 7) is 3.73. The SMILES string of the molecule is CCCCc1nc(O)c(Cc2cccc(-c3ccnc(F)c3C)c2)c(=O)[nH]1. The number of nitrogens with one attached hydrogen (secondary N) is 1. The number of halogens is 1. The average molecular weight is 367 g/mol. The zero-order valence-electron chi connectivity index (χ0n) is 15.4. The van der Waals surface area contributed by atoms with Gasteiger partial charge in [0.05, 0.1) is 5.56 Å². The Bertz CT molecular complexity index is 1010. The maximum Gasteiger partial charge on any atom is 0.258 e. The van der Waals surface area contributed by atoms with Crippen LogP contribution >= 0.6 is 0 Å². The summed E-state index contributed by atoms with van der Waals surface area (Å²) in [7, 11) is 0. The van der Waals surface area contributed by atoms with Crippen molar-refractivity contribution < 1.29 is 9.50 Å². The van der Waals surface area contributed by atoms with Gasteiger partial charge in [0.1, 0.15) is 5.82 Å². The zero-order chi connectivity index (χ0) is 19.4. The quantitative estimate of drug-likeness (QED) is 0.647. The van der Waals surface area contributed by atoms with Gasteiger partial charge < -0.3 is 10.1 Å². The lowest BCUT2D eigenvalue weighted by Gasteiger charge is -2.09. The van der Waals surface area contributed by atoms with Crippen molar-refractivity contribution in [3.05, 3.63) is 75.3 Å². The first-order valence-corrected chi connectivity index (χ1v) is 9.01. The molecule has 0 unspecified atom stereocenters. The van der Waals surface area contributed by atoms with E-state index in [1.807, 2.05) is 24.3 Å². The number of H-pyrrole nitrogens is 1. The standard InChI is InChI=1S/C21H22FN3O2/c1-3-4-8-18-24-20(26)17(21(27)25-18)12-14-6-5-7-15(11-14)16-9-10-23-19(22)13(16)2/h5-7,9-11H,3-4,8,12H2,1-2H3,(H2,24,25,26,27). The van der Waals surface area contributed by atoms with Crippen molar-refractivity contribution in [3.8, 4) is 17.0 Å². The number of aromatic hydroxyl groups is 1. The molecule has 0 aliphatic rings. The van der Waals surface area contributed by atoms with E-state index in [-0.39, 0.29) is 23.4 Å². The van der Waals surface area contributed by atoms with Gasteiger partial charge in [0.2, 0.25) is 11.8 Å². The highest BCUT2D eigenvalue weighted by Gasteiger charge is 2.13. The number of hydrogen-bond donors (Lipinski definition) is 2. The molecule has 0 saturated heterocycles. The third-order valence-corrected chi connectivity index (χ3v) is 4.57. The molecule has 0 aliphatic heterocycles. The van der Waals surface area contributed by atoms with Gasteiger partial charge in [0, 0.05) is 24.6 Å². The lowest BCUT2D eigenvalue weighted by atomic mass is 9.98. The minimum Gasteiger partial charge on any atom is -0.493 e. The van der Waals surface area contributed by atoms with Gasteiger partial charge in [-0.15, -0.1) is 0 Å². The van der Waals surface area contributed by atoms with E-state index in [1.165, 1.54) is 6.20 Å². The molecule has 2 N–H and O–H groups in total. The Morgan fingerprint density at radius 1 is 1.26 bits per heavy atom. The Morgan fingerprint density at radius 2 is 2.07 bits per heavy atom. The van der Waals surface area contributed by atoms with Crippen molar-refractivity contribution in [2.24, 2.45) is 0 Å². The molecule has 0 aliphatic carbocycles. The summed E-state index contributed by atoms with van der Waals surface area (Å²) in [6, 6.07) is 9.22. The van der Waals surface area contributed by atoms with Crippen LogP contribution in [0.1, 0.15) is 42.3 Å². The van der Waals surface area contributed by atoms with Gasteiger partial charge in [-0.25, -0.2) is 9.97 Å². The number of pyridine rings is 1. The highest BCUT2D eigenvalue weighted by molar-refractivity contribution is 5.67. The van der Waals surface area contributed by atoms with Gasteiger partial charge in [-0.3, -0.25) is 4.79 Å². The van der Waals surface area contributed by atoms with E-state index in [9.17, 15) is 14.3 Å². The van der Waals surface area contributed by atoms with Gasteiger partial charge >= 0.3 is 0 Å². The molecule has 27 heavy (non-hydrogen) atoms. The number of aromatic nitrogens is 3. The predicted octanol–water partition coefficient (Wildman–Crippen LogP) is 3.92. The van der Waals surface area contributed by atoms with Crippen molar-refractivity contribution in [1.29, 1.82) is 0 Å². The van der Waals surface area contributed by atoms with Crippen LogP contribution in [-0.4, -0.2) is 20.1 Å². The predicted molar refractivity (Wildman–Crippen MR) is 102 cm³/mol. The monoisotopic (exact) mass is 367 g/mol. The van der Waals surface area contributed by atoms with E-state index < -0.39 is 5.95 Å². The normalized spacial score (nSPS) is 10.9. The fourth-order valence-corrected chi connectivity index (χ4v) is 3.03. The Labute approximate surface area is 157 Å². The van der Waals surface area contributed by atoms with Gasteiger partial charge in [0.25, 0.3) is 5.56 Å². The van der Waals surface area contributed by atoms with Crippen LogP contribution in [0, 0.1) is 12.9 Å². The molecule has 3 aromatic rings.